The Balaban J connectivity index is 1.98. The third kappa shape index (κ3) is 2.69. The van der Waals surface area contributed by atoms with Gasteiger partial charge in [-0.3, -0.25) is 4.90 Å². The predicted octanol–water partition coefficient (Wildman–Crippen LogP) is 0.656. The molecule has 2 aliphatic rings. The van der Waals surface area contributed by atoms with Crippen LogP contribution in [0.2, 0.25) is 0 Å². The van der Waals surface area contributed by atoms with Gasteiger partial charge in [0.2, 0.25) is 10.0 Å². The van der Waals surface area contributed by atoms with Gasteiger partial charge in [-0.25, -0.2) is 8.42 Å². The van der Waals surface area contributed by atoms with Crippen LogP contribution >= 0.6 is 0 Å². The maximum absolute atomic E-state index is 12.2. The molecule has 2 saturated heterocycles. The highest BCUT2D eigenvalue weighted by Crippen LogP contribution is 2.46. The van der Waals surface area contributed by atoms with Gasteiger partial charge in [0, 0.05) is 31.1 Å². The first-order valence-electron chi connectivity index (χ1n) is 7.83. The first kappa shape index (κ1) is 15.9. The summed E-state index contributed by atoms with van der Waals surface area (Å²) in [5.41, 5.74) is 1.16. The minimum Gasteiger partial charge on any atom is -0.395 e. The summed E-state index contributed by atoms with van der Waals surface area (Å²) in [5, 5.41) is 9.19. The highest BCUT2D eigenvalue weighted by atomic mass is 32.2. The number of nitrogens with zero attached hydrogens (tertiary/aromatic N) is 2. The Hall–Kier alpha value is -0.950. The number of hydrogen-bond acceptors (Lipinski definition) is 4. The van der Waals surface area contributed by atoms with E-state index < -0.39 is 10.0 Å². The predicted molar refractivity (Wildman–Crippen MR) is 86.2 cm³/mol. The van der Waals surface area contributed by atoms with E-state index in [0.717, 1.165) is 19.4 Å². The number of likely N-dealkylation sites (tertiary alicyclic amines) is 1. The second-order valence-electron chi connectivity index (χ2n) is 6.44. The van der Waals surface area contributed by atoms with E-state index in [4.69, 9.17) is 0 Å². The molecule has 1 aromatic carbocycles. The Kier molecular flexibility index (Phi) is 4.29. The van der Waals surface area contributed by atoms with Gasteiger partial charge < -0.3 is 5.11 Å². The highest BCUT2D eigenvalue weighted by molar-refractivity contribution is 7.88. The third-order valence-electron chi connectivity index (χ3n) is 5.26. The Labute approximate surface area is 132 Å². The van der Waals surface area contributed by atoms with E-state index in [9.17, 15) is 13.5 Å². The first-order chi connectivity index (χ1) is 10.5. The van der Waals surface area contributed by atoms with Gasteiger partial charge in [0.1, 0.15) is 0 Å². The Bertz CT molecular complexity index is 620. The van der Waals surface area contributed by atoms with Gasteiger partial charge >= 0.3 is 0 Å². The molecule has 0 bridgehead atoms. The van der Waals surface area contributed by atoms with Crippen molar-refractivity contribution in [3.8, 4) is 0 Å². The Morgan fingerprint density at radius 3 is 2.55 bits per heavy atom. The van der Waals surface area contributed by atoms with Crippen molar-refractivity contribution in [3.05, 3.63) is 35.9 Å². The summed E-state index contributed by atoms with van der Waals surface area (Å²) in [5.74, 6) is 0. The molecule has 1 aromatic rings. The molecule has 0 aliphatic carbocycles. The van der Waals surface area contributed by atoms with Gasteiger partial charge in [-0.05, 0) is 24.9 Å². The molecule has 6 heteroatoms. The van der Waals surface area contributed by atoms with Crippen LogP contribution in [0.5, 0.6) is 0 Å². The molecule has 2 atom stereocenters. The number of aliphatic hydroxyl groups excluding tert-OH is 1. The molecule has 2 aliphatic heterocycles. The molecule has 0 saturated carbocycles. The number of hydrogen-bond donors (Lipinski definition) is 1. The van der Waals surface area contributed by atoms with E-state index in [1.165, 1.54) is 11.8 Å². The SMILES string of the molecule is CS(=O)(=O)N1CCC2(c3ccccc3)CCN(CCO)CC12. The lowest BCUT2D eigenvalue weighted by atomic mass is 9.69. The van der Waals surface area contributed by atoms with Gasteiger partial charge in [0.15, 0.2) is 0 Å². The van der Waals surface area contributed by atoms with Gasteiger partial charge in [-0.2, -0.15) is 4.31 Å². The van der Waals surface area contributed by atoms with Crippen LogP contribution in [0.1, 0.15) is 18.4 Å². The van der Waals surface area contributed by atoms with E-state index in [-0.39, 0.29) is 18.1 Å². The standard InChI is InChI=1S/C16H24N2O3S/c1-22(20,21)18-10-8-16(14-5-3-2-4-6-14)7-9-17(11-12-19)13-15(16)18/h2-6,15,19H,7-13H2,1H3. The number of benzene rings is 1. The van der Waals surface area contributed by atoms with Crippen LogP contribution < -0.4 is 0 Å². The summed E-state index contributed by atoms with van der Waals surface area (Å²) >= 11 is 0. The van der Waals surface area contributed by atoms with Gasteiger partial charge in [-0.1, -0.05) is 30.3 Å². The summed E-state index contributed by atoms with van der Waals surface area (Å²) in [6.45, 7) is 2.92. The molecule has 0 spiro atoms. The van der Waals surface area contributed by atoms with E-state index in [1.54, 1.807) is 4.31 Å². The monoisotopic (exact) mass is 324 g/mol. The summed E-state index contributed by atoms with van der Waals surface area (Å²) in [6.07, 6.45) is 3.12. The van der Waals surface area contributed by atoms with Crippen molar-refractivity contribution < 1.29 is 13.5 Å². The van der Waals surface area contributed by atoms with Crippen LogP contribution in [0, 0.1) is 0 Å². The molecule has 5 nitrogen and oxygen atoms in total. The average Bonchev–Trinajstić information content (AvgIpc) is 2.88. The fourth-order valence-corrected chi connectivity index (χ4v) is 5.30. The van der Waals surface area contributed by atoms with Crippen molar-refractivity contribution in [2.24, 2.45) is 0 Å². The zero-order valence-corrected chi connectivity index (χ0v) is 13.8. The van der Waals surface area contributed by atoms with Crippen LogP contribution in [0.15, 0.2) is 30.3 Å². The average molecular weight is 324 g/mol. The number of rotatable bonds is 4. The van der Waals surface area contributed by atoms with Crippen molar-refractivity contribution in [1.82, 2.24) is 9.21 Å². The minimum atomic E-state index is -3.21. The Morgan fingerprint density at radius 2 is 1.91 bits per heavy atom. The van der Waals surface area contributed by atoms with Crippen LogP contribution in [-0.2, 0) is 15.4 Å². The topological polar surface area (TPSA) is 60.9 Å². The lowest BCUT2D eigenvalue weighted by molar-refractivity contribution is 0.0980. The van der Waals surface area contributed by atoms with Crippen LogP contribution in [-0.4, -0.2) is 67.8 Å². The van der Waals surface area contributed by atoms with Crippen molar-refractivity contribution in [2.45, 2.75) is 24.3 Å². The van der Waals surface area contributed by atoms with E-state index in [0.29, 0.717) is 19.6 Å². The zero-order valence-electron chi connectivity index (χ0n) is 13.0. The lowest BCUT2D eigenvalue weighted by Gasteiger charge is -2.46. The third-order valence-corrected chi connectivity index (χ3v) is 6.55. The molecule has 22 heavy (non-hydrogen) atoms. The molecule has 2 fully saturated rings. The second kappa shape index (κ2) is 5.92. The summed E-state index contributed by atoms with van der Waals surface area (Å²) < 4.78 is 26.0. The fraction of sp³-hybridized carbons (Fsp3) is 0.625. The number of fused-ring (bicyclic) bond motifs is 1. The maximum Gasteiger partial charge on any atom is 0.211 e. The van der Waals surface area contributed by atoms with Gasteiger partial charge in [0.05, 0.1) is 12.9 Å². The Morgan fingerprint density at radius 1 is 1.23 bits per heavy atom. The lowest BCUT2D eigenvalue weighted by Crippen LogP contribution is -2.56. The minimum absolute atomic E-state index is 0.0369. The number of sulfonamides is 1. The van der Waals surface area contributed by atoms with Crippen LogP contribution in [0.25, 0.3) is 0 Å². The second-order valence-corrected chi connectivity index (χ2v) is 8.37. The molecular formula is C16H24N2O3S. The fourth-order valence-electron chi connectivity index (χ4n) is 4.15. The maximum atomic E-state index is 12.2. The first-order valence-corrected chi connectivity index (χ1v) is 9.68. The molecule has 1 N–H and O–H groups in total. The van der Waals surface area contributed by atoms with Crippen molar-refractivity contribution in [3.63, 3.8) is 0 Å². The molecule has 2 heterocycles. The molecular weight excluding hydrogens is 300 g/mol. The zero-order chi connectivity index (χ0) is 15.8. The molecule has 3 rings (SSSR count). The van der Waals surface area contributed by atoms with Crippen molar-refractivity contribution in [1.29, 1.82) is 0 Å². The van der Waals surface area contributed by atoms with E-state index >= 15 is 0 Å². The smallest absolute Gasteiger partial charge is 0.211 e. The normalized spacial score (nSPS) is 30.4. The summed E-state index contributed by atoms with van der Waals surface area (Å²) in [6, 6.07) is 10.3. The van der Waals surface area contributed by atoms with E-state index in [1.807, 2.05) is 18.2 Å². The summed E-state index contributed by atoms with van der Waals surface area (Å²) in [7, 11) is -3.21. The number of aliphatic hydroxyl groups is 1. The number of piperidine rings is 1. The quantitative estimate of drug-likeness (QED) is 0.884. The van der Waals surface area contributed by atoms with Crippen molar-refractivity contribution in [2.75, 3.05) is 39.0 Å². The number of β-amino-alcohol motifs (C(OH)–C–C–N with tert-alkyl or cyclic N) is 1. The molecule has 2 unspecified atom stereocenters. The molecule has 0 amide bonds. The molecule has 122 valence electrons. The van der Waals surface area contributed by atoms with Gasteiger partial charge in [0.25, 0.3) is 0 Å². The molecule has 0 aromatic heterocycles. The van der Waals surface area contributed by atoms with E-state index in [2.05, 4.69) is 17.0 Å². The van der Waals surface area contributed by atoms with Crippen molar-refractivity contribution >= 4 is 10.0 Å². The highest BCUT2D eigenvalue weighted by Gasteiger charge is 2.53. The van der Waals surface area contributed by atoms with Crippen LogP contribution in [0.3, 0.4) is 0 Å². The van der Waals surface area contributed by atoms with Gasteiger partial charge in [-0.15, -0.1) is 0 Å². The largest absolute Gasteiger partial charge is 0.395 e. The molecule has 0 radical (unpaired) electrons. The van der Waals surface area contributed by atoms with Crippen LogP contribution in [0.4, 0.5) is 0 Å². The summed E-state index contributed by atoms with van der Waals surface area (Å²) in [4.78, 5) is 2.18.